The average molecular weight is 835 g/mol. The number of hydrogen-bond acceptors (Lipinski definition) is 10. The zero-order valence-corrected chi connectivity index (χ0v) is 35.7. The lowest BCUT2D eigenvalue weighted by Crippen LogP contribution is -2.51. The first-order chi connectivity index (χ1) is 31.6. The SMILES string of the molecule is CCCC(C)c1ccc(Cc2ccc(N(C3=NC4=NC(N(c5ccccc5)c5ccccc5)=NC5=NC(N(c6ccccc6)c6ccccc6)=NC(=N3)N54)c3ccccc3)cc2)cc1. The van der Waals surface area contributed by atoms with Crippen molar-refractivity contribution in [1.82, 2.24) is 4.90 Å². The van der Waals surface area contributed by atoms with Gasteiger partial charge in [0.05, 0.1) is 0 Å². The van der Waals surface area contributed by atoms with E-state index in [2.05, 4.69) is 74.5 Å². The summed E-state index contributed by atoms with van der Waals surface area (Å²) in [6.45, 7) is 4.55. The molecule has 0 radical (unpaired) electrons. The Labute approximate surface area is 374 Å². The predicted molar refractivity (Wildman–Crippen MR) is 264 cm³/mol. The van der Waals surface area contributed by atoms with E-state index in [-0.39, 0.29) is 0 Å². The van der Waals surface area contributed by atoms with Crippen molar-refractivity contribution in [2.24, 2.45) is 30.0 Å². The lowest BCUT2D eigenvalue weighted by Gasteiger charge is -2.36. The molecule has 10 heteroatoms. The van der Waals surface area contributed by atoms with Gasteiger partial charge in [0, 0.05) is 34.1 Å². The molecule has 3 heterocycles. The molecule has 0 N–H and O–H groups in total. The molecule has 1 atom stereocenters. The second kappa shape index (κ2) is 18.0. The number of guanidine groups is 6. The van der Waals surface area contributed by atoms with Gasteiger partial charge in [0.2, 0.25) is 35.8 Å². The molecule has 10 nitrogen and oxygen atoms in total. The van der Waals surface area contributed by atoms with Crippen LogP contribution < -0.4 is 14.7 Å². The fraction of sp³-hybridized carbons (Fsp3) is 0.111. The summed E-state index contributed by atoms with van der Waals surface area (Å²) in [6, 6.07) is 68.2. The van der Waals surface area contributed by atoms with Crippen LogP contribution in [-0.2, 0) is 6.42 Å². The first kappa shape index (κ1) is 39.9. The van der Waals surface area contributed by atoms with Gasteiger partial charge in [0.1, 0.15) is 0 Å². The highest BCUT2D eigenvalue weighted by Gasteiger charge is 2.39. The fourth-order valence-electron chi connectivity index (χ4n) is 8.14. The zero-order valence-electron chi connectivity index (χ0n) is 35.7. The van der Waals surface area contributed by atoms with E-state index in [1.807, 2.05) is 154 Å². The molecule has 3 aliphatic rings. The van der Waals surface area contributed by atoms with Crippen LogP contribution in [0.4, 0.5) is 34.1 Å². The monoisotopic (exact) mass is 834 g/mol. The van der Waals surface area contributed by atoms with Crippen molar-refractivity contribution in [3.8, 4) is 0 Å². The molecule has 0 amide bonds. The maximum Gasteiger partial charge on any atom is 0.246 e. The van der Waals surface area contributed by atoms with Gasteiger partial charge in [0.25, 0.3) is 0 Å². The van der Waals surface area contributed by atoms with Crippen LogP contribution in [0.1, 0.15) is 49.3 Å². The zero-order chi connectivity index (χ0) is 43.2. The van der Waals surface area contributed by atoms with Gasteiger partial charge in [0.15, 0.2) is 0 Å². The van der Waals surface area contributed by atoms with Gasteiger partial charge < -0.3 is 0 Å². The lowest BCUT2D eigenvalue weighted by molar-refractivity contribution is 0.665. The van der Waals surface area contributed by atoms with Crippen molar-refractivity contribution in [3.05, 3.63) is 217 Å². The number of aliphatic imine (C=N–C) groups is 6. The molecule has 64 heavy (non-hydrogen) atoms. The molecule has 0 spiro atoms. The van der Waals surface area contributed by atoms with Gasteiger partial charge in [-0.25, -0.2) is 4.90 Å². The van der Waals surface area contributed by atoms with E-state index < -0.39 is 0 Å². The molecule has 10 rings (SSSR count). The first-order valence-corrected chi connectivity index (χ1v) is 21.8. The summed E-state index contributed by atoms with van der Waals surface area (Å²) in [5.41, 5.74) is 9.17. The summed E-state index contributed by atoms with van der Waals surface area (Å²) in [7, 11) is 0. The van der Waals surface area contributed by atoms with Gasteiger partial charge in [-0.05, 0) is 108 Å². The van der Waals surface area contributed by atoms with E-state index >= 15 is 0 Å². The summed E-state index contributed by atoms with van der Waals surface area (Å²) in [5, 5.41) is 0. The van der Waals surface area contributed by atoms with Crippen molar-refractivity contribution in [1.29, 1.82) is 0 Å². The quantitative estimate of drug-likeness (QED) is 0.130. The Morgan fingerprint density at radius 1 is 0.375 bits per heavy atom. The molecule has 0 saturated carbocycles. The number of nitrogens with zero attached hydrogens (tertiary/aromatic N) is 10. The number of anilines is 6. The Morgan fingerprint density at radius 3 is 0.984 bits per heavy atom. The summed E-state index contributed by atoms with van der Waals surface area (Å²) in [4.78, 5) is 39.0. The van der Waals surface area contributed by atoms with Crippen molar-refractivity contribution in [2.75, 3.05) is 14.7 Å². The second-order valence-corrected chi connectivity index (χ2v) is 15.8. The standard InChI is InChI=1S/C54H46N10/c1-3-19-39(2)42-34-30-40(31-35-42)38-41-32-36-48(37-33-41)63(47-28-17-8-18-29-47)51-59-53-57-49(61(43-20-9-4-10-21-43)44-22-11-5-12-23-44)55-52-56-50(58-54(60-51)64(52)53)62(45-24-13-6-14-25-45)46-26-15-7-16-27-46/h4-18,20-37,39H,3,19,38H2,1-2H3. The van der Waals surface area contributed by atoms with Crippen LogP contribution in [0.25, 0.3) is 0 Å². The van der Waals surface area contributed by atoms with Crippen molar-refractivity contribution in [2.45, 2.75) is 39.0 Å². The molecule has 7 aromatic carbocycles. The Balaban J connectivity index is 1.10. The molecule has 0 fully saturated rings. The molecule has 1 unspecified atom stereocenters. The Hall–Kier alpha value is -8.24. The summed E-state index contributed by atoms with van der Waals surface area (Å²) >= 11 is 0. The van der Waals surface area contributed by atoms with E-state index in [1.54, 1.807) is 4.90 Å². The van der Waals surface area contributed by atoms with Crippen LogP contribution >= 0.6 is 0 Å². The van der Waals surface area contributed by atoms with E-state index in [1.165, 1.54) is 29.5 Å². The second-order valence-electron chi connectivity index (χ2n) is 15.8. The van der Waals surface area contributed by atoms with Crippen LogP contribution in [0.3, 0.4) is 0 Å². The highest BCUT2D eigenvalue weighted by molar-refractivity contribution is 6.34. The third-order valence-corrected chi connectivity index (χ3v) is 11.3. The van der Waals surface area contributed by atoms with Crippen LogP contribution in [0.2, 0.25) is 0 Å². The minimum Gasteiger partial charge on any atom is -0.279 e. The minimum absolute atomic E-state index is 0.337. The molecular formula is C54H46N10. The Morgan fingerprint density at radius 2 is 0.672 bits per heavy atom. The third kappa shape index (κ3) is 8.24. The number of rotatable bonds is 11. The highest BCUT2D eigenvalue weighted by Crippen LogP contribution is 2.34. The van der Waals surface area contributed by atoms with Gasteiger partial charge in [-0.2, -0.15) is 30.0 Å². The molecular weight excluding hydrogens is 789 g/mol. The molecule has 3 aliphatic heterocycles. The topological polar surface area (TPSA) is 87.1 Å². The van der Waals surface area contributed by atoms with Gasteiger partial charge in [-0.1, -0.05) is 148 Å². The number of para-hydroxylation sites is 5. The van der Waals surface area contributed by atoms with Gasteiger partial charge >= 0.3 is 0 Å². The Kier molecular flexibility index (Phi) is 11.2. The predicted octanol–water partition coefficient (Wildman–Crippen LogP) is 12.5. The van der Waals surface area contributed by atoms with Crippen molar-refractivity contribution >= 4 is 69.9 Å². The largest absolute Gasteiger partial charge is 0.279 e. The van der Waals surface area contributed by atoms with Gasteiger partial charge in [-0.15, -0.1) is 0 Å². The fourth-order valence-corrected chi connectivity index (χ4v) is 8.14. The van der Waals surface area contributed by atoms with Crippen LogP contribution in [0, 0.1) is 0 Å². The van der Waals surface area contributed by atoms with E-state index in [0.29, 0.717) is 41.7 Å². The molecule has 0 bridgehead atoms. The smallest absolute Gasteiger partial charge is 0.246 e. The van der Waals surface area contributed by atoms with Crippen LogP contribution in [0.15, 0.2) is 230 Å². The Bertz CT molecular complexity index is 2750. The van der Waals surface area contributed by atoms with E-state index in [4.69, 9.17) is 30.0 Å². The number of hydrogen-bond donors (Lipinski definition) is 0. The molecule has 0 saturated heterocycles. The molecule has 0 aromatic heterocycles. The van der Waals surface area contributed by atoms with Crippen molar-refractivity contribution < 1.29 is 0 Å². The number of benzene rings is 7. The first-order valence-electron chi connectivity index (χ1n) is 21.8. The summed E-state index contributed by atoms with van der Waals surface area (Å²) in [6.07, 6.45) is 3.20. The third-order valence-electron chi connectivity index (χ3n) is 11.3. The maximum atomic E-state index is 5.23. The van der Waals surface area contributed by atoms with E-state index in [9.17, 15) is 0 Å². The minimum atomic E-state index is 0.337. The van der Waals surface area contributed by atoms with Gasteiger partial charge in [-0.3, -0.25) is 14.7 Å². The summed E-state index contributed by atoms with van der Waals surface area (Å²) < 4.78 is 0. The normalized spacial score (nSPS) is 14.4. The van der Waals surface area contributed by atoms with Crippen molar-refractivity contribution in [3.63, 3.8) is 0 Å². The molecule has 312 valence electrons. The van der Waals surface area contributed by atoms with Crippen LogP contribution in [-0.4, -0.2) is 40.7 Å². The molecule has 7 aromatic rings. The molecule has 0 aliphatic carbocycles. The highest BCUT2D eigenvalue weighted by atomic mass is 15.6. The maximum absolute atomic E-state index is 5.23. The van der Waals surface area contributed by atoms with E-state index in [0.717, 1.165) is 40.5 Å². The van der Waals surface area contributed by atoms with Crippen LogP contribution in [0.5, 0.6) is 0 Å². The lowest BCUT2D eigenvalue weighted by atomic mass is 9.94. The average Bonchev–Trinajstić information content (AvgIpc) is 3.34. The summed E-state index contributed by atoms with van der Waals surface area (Å²) in [5.74, 6) is 2.74.